The summed E-state index contributed by atoms with van der Waals surface area (Å²) in [7, 11) is 0. The molecule has 0 saturated carbocycles. The lowest BCUT2D eigenvalue weighted by atomic mass is 9.88. The molecule has 1 N–H and O–H groups in total. The van der Waals surface area contributed by atoms with Crippen LogP contribution in [0.25, 0.3) is 0 Å². The van der Waals surface area contributed by atoms with E-state index in [1.165, 1.54) is 12.1 Å². The van der Waals surface area contributed by atoms with E-state index in [1.807, 2.05) is 30.3 Å². The lowest BCUT2D eigenvalue weighted by Gasteiger charge is -2.20. The van der Waals surface area contributed by atoms with Crippen molar-refractivity contribution in [2.24, 2.45) is 0 Å². The highest BCUT2D eigenvalue weighted by atomic mass is 35.5. The highest BCUT2D eigenvalue weighted by Gasteiger charge is 2.18. The molecule has 0 radical (unpaired) electrons. The van der Waals surface area contributed by atoms with Gasteiger partial charge in [-0.1, -0.05) is 35.9 Å². The second kappa shape index (κ2) is 6.18. The van der Waals surface area contributed by atoms with E-state index in [0.29, 0.717) is 11.4 Å². The average Bonchev–Trinajstić information content (AvgIpc) is 2.37. The molecule has 1 nitrogen and oxygen atoms in total. The third-order valence-corrected chi connectivity index (χ3v) is 3.48. The van der Waals surface area contributed by atoms with Crippen LogP contribution in [0.3, 0.4) is 0 Å². The summed E-state index contributed by atoms with van der Waals surface area (Å²) in [6, 6.07) is 13.9. The van der Waals surface area contributed by atoms with E-state index in [9.17, 15) is 9.50 Å². The van der Waals surface area contributed by atoms with E-state index in [1.54, 1.807) is 13.0 Å². The Kier molecular flexibility index (Phi) is 4.56. The Morgan fingerprint density at radius 2 is 1.84 bits per heavy atom. The van der Waals surface area contributed by atoms with Crippen molar-refractivity contribution in [2.75, 3.05) is 0 Å². The number of aliphatic hydroxyl groups excluding tert-OH is 1. The van der Waals surface area contributed by atoms with Crippen LogP contribution in [-0.4, -0.2) is 11.2 Å². The zero-order valence-electron chi connectivity index (χ0n) is 10.7. The van der Waals surface area contributed by atoms with Gasteiger partial charge in [-0.3, -0.25) is 0 Å². The maximum Gasteiger partial charge on any atom is 0.123 e. The molecule has 0 fully saturated rings. The average molecular weight is 279 g/mol. The number of halogens is 2. The summed E-state index contributed by atoms with van der Waals surface area (Å²) in [6.07, 6.45) is 0.107. The number of hydrogen-bond donors (Lipinski definition) is 1. The minimum Gasteiger partial charge on any atom is -0.393 e. The van der Waals surface area contributed by atoms with Crippen molar-refractivity contribution in [1.82, 2.24) is 0 Å². The summed E-state index contributed by atoms with van der Waals surface area (Å²) in [6.45, 7) is 1.73. The predicted molar refractivity (Wildman–Crippen MR) is 76.0 cm³/mol. The van der Waals surface area contributed by atoms with Crippen LogP contribution in [0.1, 0.15) is 24.0 Å². The SMILES string of the molecule is C[C@H](O)[C@H](Cc1ccc(Cl)cc1)c1cccc(F)c1. The van der Waals surface area contributed by atoms with Crippen molar-refractivity contribution in [2.45, 2.75) is 25.4 Å². The molecule has 2 rings (SSSR count). The van der Waals surface area contributed by atoms with Crippen molar-refractivity contribution in [3.8, 4) is 0 Å². The standard InChI is InChI=1S/C16H16ClFO/c1-11(19)16(13-3-2-4-15(18)10-13)9-12-5-7-14(17)8-6-12/h2-8,10-11,16,19H,9H2,1H3/t11-,16-/m0/s1. The molecule has 0 aliphatic heterocycles. The molecule has 0 aliphatic carbocycles. The van der Waals surface area contributed by atoms with Crippen LogP contribution < -0.4 is 0 Å². The molecule has 0 aliphatic rings. The molecule has 2 aromatic rings. The number of aliphatic hydroxyl groups is 1. The summed E-state index contributed by atoms with van der Waals surface area (Å²) in [4.78, 5) is 0. The van der Waals surface area contributed by atoms with Crippen LogP contribution in [0.2, 0.25) is 5.02 Å². The van der Waals surface area contributed by atoms with Gasteiger partial charge in [0, 0.05) is 10.9 Å². The highest BCUT2D eigenvalue weighted by Crippen LogP contribution is 2.25. The first kappa shape index (κ1) is 14.0. The van der Waals surface area contributed by atoms with Gasteiger partial charge >= 0.3 is 0 Å². The Labute approximate surface area is 117 Å². The zero-order valence-corrected chi connectivity index (χ0v) is 11.4. The topological polar surface area (TPSA) is 20.2 Å². The first-order valence-electron chi connectivity index (χ1n) is 6.24. The third kappa shape index (κ3) is 3.79. The van der Waals surface area contributed by atoms with E-state index < -0.39 is 6.10 Å². The Morgan fingerprint density at radius 3 is 2.42 bits per heavy atom. The van der Waals surface area contributed by atoms with Crippen LogP contribution in [0.15, 0.2) is 48.5 Å². The highest BCUT2D eigenvalue weighted by molar-refractivity contribution is 6.30. The van der Waals surface area contributed by atoms with Gasteiger partial charge in [0.25, 0.3) is 0 Å². The molecule has 2 aromatic carbocycles. The maximum absolute atomic E-state index is 13.3. The number of rotatable bonds is 4. The lowest BCUT2D eigenvalue weighted by Crippen LogP contribution is -2.17. The van der Waals surface area contributed by atoms with Crippen LogP contribution in [0.4, 0.5) is 4.39 Å². The predicted octanol–water partition coefficient (Wildman–Crippen LogP) is 4.19. The Morgan fingerprint density at radius 1 is 1.16 bits per heavy atom. The molecule has 3 heteroatoms. The monoisotopic (exact) mass is 278 g/mol. The van der Waals surface area contributed by atoms with Gasteiger partial charge in [0.05, 0.1) is 6.10 Å². The second-order valence-corrected chi connectivity index (χ2v) is 5.17. The molecule has 100 valence electrons. The van der Waals surface area contributed by atoms with Crippen molar-refractivity contribution in [1.29, 1.82) is 0 Å². The van der Waals surface area contributed by atoms with Crippen molar-refractivity contribution >= 4 is 11.6 Å². The fourth-order valence-corrected chi connectivity index (χ4v) is 2.30. The van der Waals surface area contributed by atoms with Gasteiger partial charge in [-0.25, -0.2) is 4.39 Å². The number of hydrogen-bond acceptors (Lipinski definition) is 1. The summed E-state index contributed by atoms with van der Waals surface area (Å²) >= 11 is 5.85. The maximum atomic E-state index is 13.3. The summed E-state index contributed by atoms with van der Waals surface area (Å²) in [5, 5.41) is 10.6. The summed E-state index contributed by atoms with van der Waals surface area (Å²) < 4.78 is 13.3. The molecule has 0 aromatic heterocycles. The smallest absolute Gasteiger partial charge is 0.123 e. The van der Waals surface area contributed by atoms with Gasteiger partial charge < -0.3 is 5.11 Å². The Hall–Kier alpha value is -1.38. The van der Waals surface area contributed by atoms with Crippen LogP contribution in [0, 0.1) is 5.82 Å². The Balaban J connectivity index is 2.23. The van der Waals surface area contributed by atoms with E-state index in [-0.39, 0.29) is 11.7 Å². The first-order valence-corrected chi connectivity index (χ1v) is 6.62. The molecule has 0 saturated heterocycles. The minimum absolute atomic E-state index is 0.128. The first-order chi connectivity index (χ1) is 9.06. The molecule has 0 amide bonds. The van der Waals surface area contributed by atoms with E-state index in [2.05, 4.69) is 0 Å². The molecule has 2 atom stereocenters. The van der Waals surface area contributed by atoms with Crippen molar-refractivity contribution in [3.05, 3.63) is 70.5 Å². The Bertz CT molecular complexity index is 537. The van der Waals surface area contributed by atoms with Crippen LogP contribution >= 0.6 is 11.6 Å². The number of benzene rings is 2. The van der Waals surface area contributed by atoms with Crippen molar-refractivity contribution < 1.29 is 9.50 Å². The fourth-order valence-electron chi connectivity index (χ4n) is 2.18. The van der Waals surface area contributed by atoms with E-state index in [0.717, 1.165) is 11.1 Å². The third-order valence-electron chi connectivity index (χ3n) is 3.23. The molecular weight excluding hydrogens is 263 g/mol. The van der Waals surface area contributed by atoms with Crippen molar-refractivity contribution in [3.63, 3.8) is 0 Å². The quantitative estimate of drug-likeness (QED) is 0.889. The normalized spacial score (nSPS) is 14.1. The fraction of sp³-hybridized carbons (Fsp3) is 0.250. The molecule has 0 unspecified atom stereocenters. The molecule has 19 heavy (non-hydrogen) atoms. The van der Waals surface area contributed by atoms with Crippen LogP contribution in [-0.2, 0) is 6.42 Å². The molecule has 0 heterocycles. The van der Waals surface area contributed by atoms with Gasteiger partial charge in [0.15, 0.2) is 0 Å². The van der Waals surface area contributed by atoms with Gasteiger partial charge in [-0.2, -0.15) is 0 Å². The van der Waals surface area contributed by atoms with Gasteiger partial charge in [0.2, 0.25) is 0 Å². The summed E-state index contributed by atoms with van der Waals surface area (Å²) in [5.41, 5.74) is 1.88. The molecular formula is C16H16ClFO. The molecule has 0 bridgehead atoms. The van der Waals surface area contributed by atoms with E-state index >= 15 is 0 Å². The van der Waals surface area contributed by atoms with Gasteiger partial charge in [0.1, 0.15) is 5.82 Å². The van der Waals surface area contributed by atoms with Gasteiger partial charge in [-0.05, 0) is 48.7 Å². The zero-order chi connectivity index (χ0) is 13.8. The lowest BCUT2D eigenvalue weighted by molar-refractivity contribution is 0.161. The largest absolute Gasteiger partial charge is 0.393 e. The summed E-state index contributed by atoms with van der Waals surface area (Å²) in [5.74, 6) is -0.406. The van der Waals surface area contributed by atoms with E-state index in [4.69, 9.17) is 11.6 Å². The van der Waals surface area contributed by atoms with Crippen LogP contribution in [0.5, 0.6) is 0 Å². The molecule has 0 spiro atoms. The second-order valence-electron chi connectivity index (χ2n) is 4.73. The van der Waals surface area contributed by atoms with Gasteiger partial charge in [-0.15, -0.1) is 0 Å². The minimum atomic E-state index is -0.544.